The Kier molecular flexibility index (Phi) is 9.55. The van der Waals surface area contributed by atoms with Crippen molar-refractivity contribution in [3.63, 3.8) is 0 Å². The van der Waals surface area contributed by atoms with Gasteiger partial charge in [-0.2, -0.15) is 14.8 Å². The zero-order valence-electron chi connectivity index (χ0n) is 20.9. The number of hydrogen-bond acceptors (Lipinski definition) is 9. The lowest BCUT2D eigenvalue weighted by atomic mass is 10.2. The molecule has 10 nitrogen and oxygen atoms in total. The highest BCUT2D eigenvalue weighted by atomic mass is 32.2. The Labute approximate surface area is 221 Å². The Morgan fingerprint density at radius 1 is 1.00 bits per heavy atom. The van der Waals surface area contributed by atoms with E-state index in [1.165, 1.54) is 35.6 Å². The van der Waals surface area contributed by atoms with Crippen molar-refractivity contribution in [2.45, 2.75) is 17.7 Å². The van der Waals surface area contributed by atoms with E-state index in [1.54, 1.807) is 12.0 Å². The number of ether oxygens (including phenoxy) is 1. The summed E-state index contributed by atoms with van der Waals surface area (Å²) in [6.07, 6.45) is 0.0200. The van der Waals surface area contributed by atoms with Crippen LogP contribution >= 0.6 is 11.3 Å². The van der Waals surface area contributed by atoms with Crippen molar-refractivity contribution >= 4 is 42.6 Å². The lowest BCUT2D eigenvalue weighted by Crippen LogP contribution is -2.36. The SMILES string of the molecule is COc1ccc2nc(N(CCN(C)C)C(=O)c3ccc(S(=O)(=O)N(CCC#N)CCC#N)cc3)sc2c1. The third-order valence-corrected chi connectivity index (χ3v) is 8.47. The van der Waals surface area contributed by atoms with Crippen molar-refractivity contribution < 1.29 is 17.9 Å². The minimum absolute atomic E-state index is 0.00754. The number of carbonyl (C=O) groups excluding carboxylic acids is 1. The van der Waals surface area contributed by atoms with Crippen LogP contribution in [0.4, 0.5) is 5.13 Å². The molecule has 0 spiro atoms. The first-order valence-corrected chi connectivity index (χ1v) is 13.7. The van der Waals surface area contributed by atoms with E-state index in [-0.39, 0.29) is 36.7 Å². The van der Waals surface area contributed by atoms with Crippen molar-refractivity contribution in [1.29, 1.82) is 10.5 Å². The summed E-state index contributed by atoms with van der Waals surface area (Å²) in [5, 5.41) is 18.3. The molecule has 0 saturated carbocycles. The number of nitrogens with zero attached hydrogens (tertiary/aromatic N) is 6. The summed E-state index contributed by atoms with van der Waals surface area (Å²) in [6, 6.07) is 15.1. The van der Waals surface area contributed by atoms with Gasteiger partial charge in [-0.05, 0) is 56.6 Å². The van der Waals surface area contributed by atoms with Crippen LogP contribution < -0.4 is 9.64 Å². The van der Waals surface area contributed by atoms with Gasteiger partial charge in [0.25, 0.3) is 5.91 Å². The molecule has 3 rings (SSSR count). The zero-order chi connectivity index (χ0) is 27.0. The van der Waals surface area contributed by atoms with E-state index < -0.39 is 10.0 Å². The highest BCUT2D eigenvalue weighted by Gasteiger charge is 2.26. The Hall–Kier alpha value is -3.55. The fourth-order valence-corrected chi connectivity index (χ4v) is 5.96. The van der Waals surface area contributed by atoms with Crippen LogP contribution in [0.2, 0.25) is 0 Å². The molecule has 0 aliphatic carbocycles. The van der Waals surface area contributed by atoms with Crippen LogP contribution in [0.3, 0.4) is 0 Å². The van der Waals surface area contributed by atoms with Crippen LogP contribution in [0.1, 0.15) is 23.2 Å². The van der Waals surface area contributed by atoms with Crippen molar-refractivity contribution in [3.8, 4) is 17.9 Å². The number of rotatable bonds is 12. The average Bonchev–Trinajstić information content (AvgIpc) is 3.31. The lowest BCUT2D eigenvalue weighted by Gasteiger charge is -2.22. The third kappa shape index (κ3) is 6.81. The Balaban J connectivity index is 1.91. The molecule has 1 aromatic heterocycles. The summed E-state index contributed by atoms with van der Waals surface area (Å²) in [5.41, 5.74) is 1.06. The maximum atomic E-state index is 13.6. The quantitative estimate of drug-likeness (QED) is 0.342. The second kappa shape index (κ2) is 12.6. The van der Waals surface area contributed by atoms with E-state index in [0.29, 0.717) is 29.5 Å². The van der Waals surface area contributed by atoms with E-state index in [9.17, 15) is 13.2 Å². The number of aromatic nitrogens is 1. The van der Waals surface area contributed by atoms with Gasteiger partial charge in [0.1, 0.15) is 5.75 Å². The molecule has 0 saturated heterocycles. The molecule has 37 heavy (non-hydrogen) atoms. The molecular formula is C25H28N6O4S2. The molecule has 194 valence electrons. The molecule has 12 heteroatoms. The molecule has 2 aromatic carbocycles. The molecule has 0 bridgehead atoms. The summed E-state index contributed by atoms with van der Waals surface area (Å²) >= 11 is 1.38. The van der Waals surface area contributed by atoms with Crippen LogP contribution in [0.5, 0.6) is 5.75 Å². The van der Waals surface area contributed by atoms with E-state index in [4.69, 9.17) is 15.3 Å². The van der Waals surface area contributed by atoms with Crippen molar-refractivity contribution in [3.05, 3.63) is 48.0 Å². The van der Waals surface area contributed by atoms with Crippen LogP contribution in [0.15, 0.2) is 47.4 Å². The lowest BCUT2D eigenvalue weighted by molar-refractivity contribution is 0.0985. The largest absolute Gasteiger partial charge is 0.497 e. The first-order chi connectivity index (χ1) is 17.7. The number of amides is 1. The summed E-state index contributed by atoms with van der Waals surface area (Å²) in [6.45, 7) is 0.965. The molecule has 0 atom stereocenters. The van der Waals surface area contributed by atoms with Gasteiger partial charge in [0.2, 0.25) is 10.0 Å². The number of likely N-dealkylation sites (N-methyl/N-ethyl adjacent to an activating group) is 1. The molecule has 1 heterocycles. The van der Waals surface area contributed by atoms with E-state index in [0.717, 1.165) is 14.5 Å². The van der Waals surface area contributed by atoms with Crippen LogP contribution in [0, 0.1) is 22.7 Å². The number of nitriles is 2. The topological polar surface area (TPSA) is 131 Å². The van der Waals surface area contributed by atoms with Crippen molar-refractivity contribution in [2.24, 2.45) is 0 Å². The molecule has 0 aliphatic rings. The molecule has 0 unspecified atom stereocenters. The third-order valence-electron chi connectivity index (χ3n) is 5.52. The number of methoxy groups -OCH3 is 1. The van der Waals surface area contributed by atoms with Crippen molar-refractivity contribution in [2.75, 3.05) is 52.3 Å². The highest BCUT2D eigenvalue weighted by Crippen LogP contribution is 2.32. The summed E-state index contributed by atoms with van der Waals surface area (Å²) < 4.78 is 33.5. The van der Waals surface area contributed by atoms with Gasteiger partial charge >= 0.3 is 0 Å². The zero-order valence-corrected chi connectivity index (χ0v) is 22.5. The number of sulfonamides is 1. The molecule has 3 aromatic rings. The second-order valence-electron chi connectivity index (χ2n) is 8.33. The Morgan fingerprint density at radius 3 is 2.22 bits per heavy atom. The fraction of sp³-hybridized carbons (Fsp3) is 0.360. The predicted molar refractivity (Wildman–Crippen MR) is 142 cm³/mol. The van der Waals surface area contributed by atoms with Gasteiger partial charge in [-0.25, -0.2) is 13.4 Å². The number of carbonyl (C=O) groups is 1. The Morgan fingerprint density at radius 2 is 1.65 bits per heavy atom. The fourth-order valence-electron chi connectivity index (χ4n) is 3.50. The smallest absolute Gasteiger partial charge is 0.260 e. The normalized spacial score (nSPS) is 11.4. The standard InChI is InChI=1S/C25H28N6O4S2/c1-29(2)16-17-31(25-28-22-11-8-20(35-3)18-23(22)36-25)24(32)19-6-9-21(10-7-19)37(33,34)30(14-4-12-26)15-5-13-27/h6-11,18H,4-5,14-17H2,1-3H3. The summed E-state index contributed by atoms with van der Waals surface area (Å²) in [4.78, 5) is 21.7. The maximum Gasteiger partial charge on any atom is 0.260 e. The van der Waals surface area contributed by atoms with Crippen molar-refractivity contribution in [1.82, 2.24) is 14.2 Å². The average molecular weight is 541 g/mol. The van der Waals surface area contributed by atoms with Gasteiger partial charge in [-0.15, -0.1) is 0 Å². The van der Waals surface area contributed by atoms with Gasteiger partial charge < -0.3 is 9.64 Å². The minimum Gasteiger partial charge on any atom is -0.497 e. The van der Waals surface area contributed by atoms with Gasteiger partial charge in [-0.1, -0.05) is 11.3 Å². The predicted octanol–water partition coefficient (Wildman–Crippen LogP) is 3.33. The molecule has 1 amide bonds. The van der Waals surface area contributed by atoms with E-state index in [1.807, 2.05) is 49.3 Å². The maximum absolute atomic E-state index is 13.6. The van der Waals surface area contributed by atoms with Gasteiger partial charge in [0, 0.05) is 44.6 Å². The monoisotopic (exact) mass is 540 g/mol. The number of hydrogen-bond donors (Lipinski definition) is 0. The van der Waals surface area contributed by atoms with Gasteiger partial charge in [-0.3, -0.25) is 9.69 Å². The number of anilines is 1. The second-order valence-corrected chi connectivity index (χ2v) is 11.3. The van der Waals surface area contributed by atoms with Crippen LogP contribution in [0.25, 0.3) is 10.2 Å². The molecular weight excluding hydrogens is 512 g/mol. The first-order valence-electron chi connectivity index (χ1n) is 11.5. The minimum atomic E-state index is -3.93. The number of thiazole rings is 1. The van der Waals surface area contributed by atoms with Crippen LogP contribution in [-0.2, 0) is 10.0 Å². The number of fused-ring (bicyclic) bond motifs is 1. The summed E-state index contributed by atoms with van der Waals surface area (Å²) in [7, 11) is 1.49. The molecule has 0 aliphatic heterocycles. The molecule has 0 fully saturated rings. The highest BCUT2D eigenvalue weighted by molar-refractivity contribution is 7.89. The van der Waals surface area contributed by atoms with E-state index >= 15 is 0 Å². The van der Waals surface area contributed by atoms with Gasteiger partial charge in [0.15, 0.2) is 5.13 Å². The van der Waals surface area contributed by atoms with Crippen LogP contribution in [-0.4, -0.2) is 75.9 Å². The first kappa shape index (κ1) is 28.0. The van der Waals surface area contributed by atoms with E-state index in [2.05, 4.69) is 4.98 Å². The summed E-state index contributed by atoms with van der Waals surface area (Å²) in [5.74, 6) is 0.395. The van der Waals surface area contributed by atoms with Gasteiger partial charge in [0.05, 0.1) is 34.4 Å². The number of benzene rings is 2. The molecule has 0 radical (unpaired) electrons. The molecule has 0 N–H and O–H groups in total. The Bertz CT molecular complexity index is 1400.